The Morgan fingerprint density at radius 3 is 2.54 bits per heavy atom. The number of hydrogen-bond donors (Lipinski definition) is 2. The zero-order valence-electron chi connectivity index (χ0n) is 15.4. The zero-order chi connectivity index (χ0) is 17.9. The van der Waals surface area contributed by atoms with Crippen LogP contribution in [0.2, 0.25) is 0 Å². The van der Waals surface area contributed by atoms with Crippen LogP contribution in [0.4, 0.5) is 0 Å². The highest BCUT2D eigenvalue weighted by Gasteiger charge is 2.22. The fraction of sp³-hybridized carbons (Fsp3) is 0.556. The quantitative estimate of drug-likeness (QED) is 0.270. The van der Waals surface area contributed by atoms with Crippen LogP contribution in [0.5, 0.6) is 5.75 Å². The lowest BCUT2D eigenvalue weighted by Gasteiger charge is -2.34. The first kappa shape index (κ1) is 22.5. The van der Waals surface area contributed by atoms with E-state index in [2.05, 4.69) is 20.5 Å². The number of para-hydroxylation sites is 1. The number of nitrogens with zero attached hydrogens (tertiary/aromatic N) is 2. The molecule has 2 rings (SSSR count). The summed E-state index contributed by atoms with van der Waals surface area (Å²) in [6.07, 6.45) is 2.07. The smallest absolute Gasteiger partial charge is 0.239 e. The average Bonchev–Trinajstić information content (AvgIpc) is 2.64. The second kappa shape index (κ2) is 12.7. The second-order valence-electron chi connectivity index (χ2n) is 5.86. The standard InChI is InChI=1S/C18H28N4O3.HI/c1-19-18(21-14-17(23)20-10-13-24-2)22-11-8-16(9-12-22)25-15-6-4-3-5-7-15;/h3-7,16H,8-14H2,1-2H3,(H,19,21)(H,20,23);1H. The Kier molecular flexibility index (Phi) is 11.0. The van der Waals surface area contributed by atoms with Gasteiger partial charge < -0.3 is 25.0 Å². The number of aliphatic imine (C=N–C) groups is 1. The van der Waals surface area contributed by atoms with E-state index in [0.29, 0.717) is 13.2 Å². The number of piperidine rings is 1. The third-order valence-electron chi connectivity index (χ3n) is 4.03. The molecule has 0 spiro atoms. The Labute approximate surface area is 172 Å². The van der Waals surface area contributed by atoms with Crippen LogP contribution in [0, 0.1) is 0 Å². The molecule has 0 saturated carbocycles. The third kappa shape index (κ3) is 7.77. The number of hydrogen-bond acceptors (Lipinski definition) is 4. The maximum absolute atomic E-state index is 11.8. The van der Waals surface area contributed by atoms with Gasteiger partial charge >= 0.3 is 0 Å². The van der Waals surface area contributed by atoms with Gasteiger partial charge in [0.1, 0.15) is 11.9 Å². The Morgan fingerprint density at radius 2 is 1.92 bits per heavy atom. The summed E-state index contributed by atoms with van der Waals surface area (Å²) in [5, 5.41) is 5.89. The SMILES string of the molecule is CN=C(NCC(=O)NCCOC)N1CCC(Oc2ccccc2)CC1.I. The summed E-state index contributed by atoms with van der Waals surface area (Å²) in [6, 6.07) is 9.91. The summed E-state index contributed by atoms with van der Waals surface area (Å²) in [5.41, 5.74) is 0. The summed E-state index contributed by atoms with van der Waals surface area (Å²) in [4.78, 5) is 18.2. The maximum Gasteiger partial charge on any atom is 0.239 e. The van der Waals surface area contributed by atoms with Crippen molar-refractivity contribution in [3.05, 3.63) is 30.3 Å². The molecule has 1 aliphatic heterocycles. The van der Waals surface area contributed by atoms with Crippen molar-refractivity contribution in [2.45, 2.75) is 18.9 Å². The van der Waals surface area contributed by atoms with Gasteiger partial charge in [-0.3, -0.25) is 9.79 Å². The Bertz CT molecular complexity index is 549. The van der Waals surface area contributed by atoms with Crippen molar-refractivity contribution in [1.29, 1.82) is 0 Å². The molecular formula is C18H29IN4O3. The van der Waals surface area contributed by atoms with E-state index in [-0.39, 0.29) is 42.5 Å². The number of likely N-dealkylation sites (tertiary alicyclic amines) is 1. The predicted octanol–water partition coefficient (Wildman–Crippen LogP) is 1.49. The Hall–Kier alpha value is -1.55. The van der Waals surface area contributed by atoms with Crippen LogP contribution < -0.4 is 15.4 Å². The number of ether oxygens (including phenoxy) is 2. The highest BCUT2D eigenvalue weighted by Crippen LogP contribution is 2.18. The fourth-order valence-electron chi connectivity index (χ4n) is 2.72. The molecule has 0 unspecified atom stereocenters. The van der Waals surface area contributed by atoms with Gasteiger partial charge in [0.25, 0.3) is 0 Å². The van der Waals surface area contributed by atoms with E-state index in [1.54, 1.807) is 14.2 Å². The normalized spacial score (nSPS) is 15.2. The van der Waals surface area contributed by atoms with Crippen molar-refractivity contribution in [1.82, 2.24) is 15.5 Å². The largest absolute Gasteiger partial charge is 0.490 e. The molecule has 1 heterocycles. The summed E-state index contributed by atoms with van der Waals surface area (Å²) in [7, 11) is 3.34. The molecule has 0 bridgehead atoms. The minimum atomic E-state index is -0.0690. The van der Waals surface area contributed by atoms with Gasteiger partial charge in [0.15, 0.2) is 5.96 Å². The van der Waals surface area contributed by atoms with Gasteiger partial charge in [-0.05, 0) is 12.1 Å². The van der Waals surface area contributed by atoms with Gasteiger partial charge in [0.2, 0.25) is 5.91 Å². The van der Waals surface area contributed by atoms with Gasteiger partial charge in [-0.25, -0.2) is 0 Å². The molecule has 8 heteroatoms. The number of methoxy groups -OCH3 is 1. The van der Waals surface area contributed by atoms with Crippen molar-refractivity contribution < 1.29 is 14.3 Å². The molecule has 0 aliphatic carbocycles. The molecule has 7 nitrogen and oxygen atoms in total. The van der Waals surface area contributed by atoms with E-state index in [9.17, 15) is 4.79 Å². The first-order valence-corrected chi connectivity index (χ1v) is 8.66. The molecule has 1 fully saturated rings. The first-order valence-electron chi connectivity index (χ1n) is 8.66. The van der Waals surface area contributed by atoms with Gasteiger partial charge in [-0.15, -0.1) is 24.0 Å². The van der Waals surface area contributed by atoms with Gasteiger partial charge in [-0.1, -0.05) is 18.2 Å². The minimum absolute atomic E-state index is 0. The van der Waals surface area contributed by atoms with Crippen LogP contribution >= 0.6 is 24.0 Å². The van der Waals surface area contributed by atoms with Crippen LogP contribution in [-0.2, 0) is 9.53 Å². The van der Waals surface area contributed by atoms with Crippen molar-refractivity contribution in [2.24, 2.45) is 4.99 Å². The lowest BCUT2D eigenvalue weighted by atomic mass is 10.1. The maximum atomic E-state index is 11.8. The highest BCUT2D eigenvalue weighted by atomic mass is 127. The van der Waals surface area contributed by atoms with Crippen LogP contribution in [0.3, 0.4) is 0 Å². The Morgan fingerprint density at radius 1 is 1.23 bits per heavy atom. The molecule has 26 heavy (non-hydrogen) atoms. The fourth-order valence-corrected chi connectivity index (χ4v) is 2.72. The van der Waals surface area contributed by atoms with Crippen LogP contribution in [0.15, 0.2) is 35.3 Å². The average molecular weight is 476 g/mol. The molecule has 0 radical (unpaired) electrons. The molecule has 1 aromatic carbocycles. The number of halogens is 1. The molecule has 1 aliphatic rings. The van der Waals surface area contributed by atoms with E-state index in [0.717, 1.165) is 37.6 Å². The number of carbonyl (C=O) groups is 1. The Balaban J connectivity index is 0.00000338. The zero-order valence-corrected chi connectivity index (χ0v) is 17.8. The van der Waals surface area contributed by atoms with Crippen molar-refractivity contribution in [3.8, 4) is 5.75 Å². The number of guanidine groups is 1. The van der Waals surface area contributed by atoms with Crippen LogP contribution in [0.25, 0.3) is 0 Å². The molecule has 146 valence electrons. The molecule has 1 aromatic rings. The topological polar surface area (TPSA) is 75.2 Å². The van der Waals surface area contributed by atoms with E-state index in [1.807, 2.05) is 30.3 Å². The predicted molar refractivity (Wildman–Crippen MR) is 113 cm³/mol. The van der Waals surface area contributed by atoms with Gasteiger partial charge in [0.05, 0.1) is 13.2 Å². The van der Waals surface area contributed by atoms with Gasteiger partial charge in [0, 0.05) is 46.6 Å². The monoisotopic (exact) mass is 476 g/mol. The van der Waals surface area contributed by atoms with E-state index in [1.165, 1.54) is 0 Å². The number of benzene rings is 1. The molecular weight excluding hydrogens is 447 g/mol. The lowest BCUT2D eigenvalue weighted by Crippen LogP contribution is -2.49. The van der Waals surface area contributed by atoms with E-state index >= 15 is 0 Å². The first-order chi connectivity index (χ1) is 12.2. The molecule has 2 N–H and O–H groups in total. The third-order valence-corrected chi connectivity index (χ3v) is 4.03. The number of amides is 1. The number of carbonyl (C=O) groups excluding carboxylic acids is 1. The summed E-state index contributed by atoms with van der Waals surface area (Å²) in [6.45, 7) is 2.93. The summed E-state index contributed by atoms with van der Waals surface area (Å²) in [5.74, 6) is 1.59. The molecule has 1 saturated heterocycles. The highest BCUT2D eigenvalue weighted by molar-refractivity contribution is 14.0. The molecule has 1 amide bonds. The van der Waals surface area contributed by atoms with E-state index in [4.69, 9.17) is 9.47 Å². The van der Waals surface area contributed by atoms with Crippen molar-refractivity contribution in [2.75, 3.05) is 46.9 Å². The minimum Gasteiger partial charge on any atom is -0.490 e. The summed E-state index contributed by atoms with van der Waals surface area (Å²) >= 11 is 0. The van der Waals surface area contributed by atoms with E-state index < -0.39 is 0 Å². The molecule has 0 aromatic heterocycles. The van der Waals surface area contributed by atoms with Gasteiger partial charge in [-0.2, -0.15) is 0 Å². The number of rotatable bonds is 7. The summed E-state index contributed by atoms with van der Waals surface area (Å²) < 4.78 is 10.9. The van der Waals surface area contributed by atoms with Crippen LogP contribution in [-0.4, -0.2) is 69.8 Å². The lowest BCUT2D eigenvalue weighted by molar-refractivity contribution is -0.120. The number of nitrogens with one attached hydrogen (secondary N) is 2. The van der Waals surface area contributed by atoms with Crippen molar-refractivity contribution >= 4 is 35.8 Å². The second-order valence-corrected chi connectivity index (χ2v) is 5.86. The van der Waals surface area contributed by atoms with Crippen LogP contribution in [0.1, 0.15) is 12.8 Å². The van der Waals surface area contributed by atoms with Crippen molar-refractivity contribution in [3.63, 3.8) is 0 Å². The molecule has 0 atom stereocenters.